The van der Waals surface area contributed by atoms with Gasteiger partial charge < -0.3 is 10.1 Å². The molecule has 0 aromatic heterocycles. The average Bonchev–Trinajstić information content (AvgIpc) is 2.62. The SMILES string of the molecule is Cc1cc(OC(C)C(=O)NCc2ccc3ccccc3c2)ccc1Cl. The van der Waals surface area contributed by atoms with Crippen LogP contribution in [0.25, 0.3) is 10.8 Å². The Labute approximate surface area is 152 Å². The topological polar surface area (TPSA) is 38.3 Å². The number of fused-ring (bicyclic) bond motifs is 1. The number of halogens is 1. The number of hydrogen-bond donors (Lipinski definition) is 1. The Morgan fingerprint density at radius 2 is 1.84 bits per heavy atom. The van der Waals surface area contributed by atoms with E-state index in [2.05, 4.69) is 29.6 Å². The standard InChI is InChI=1S/C21H20ClNO2/c1-14-11-19(9-10-20(14)22)25-15(2)21(24)23-13-16-7-8-17-5-3-4-6-18(17)12-16/h3-12,15H,13H2,1-2H3,(H,23,24). The maximum absolute atomic E-state index is 12.3. The smallest absolute Gasteiger partial charge is 0.261 e. The van der Waals surface area contributed by atoms with E-state index in [-0.39, 0.29) is 5.91 Å². The number of amides is 1. The van der Waals surface area contributed by atoms with E-state index in [0.29, 0.717) is 17.3 Å². The summed E-state index contributed by atoms with van der Waals surface area (Å²) in [7, 11) is 0. The zero-order valence-electron chi connectivity index (χ0n) is 14.3. The van der Waals surface area contributed by atoms with Crippen LogP contribution in [0.3, 0.4) is 0 Å². The largest absolute Gasteiger partial charge is 0.481 e. The van der Waals surface area contributed by atoms with Crippen molar-refractivity contribution in [3.63, 3.8) is 0 Å². The van der Waals surface area contributed by atoms with E-state index >= 15 is 0 Å². The molecule has 3 nitrogen and oxygen atoms in total. The maximum Gasteiger partial charge on any atom is 0.261 e. The highest BCUT2D eigenvalue weighted by atomic mass is 35.5. The molecule has 0 saturated heterocycles. The highest BCUT2D eigenvalue weighted by Crippen LogP contribution is 2.22. The minimum atomic E-state index is -0.582. The molecule has 3 aromatic carbocycles. The number of ether oxygens (including phenoxy) is 1. The molecule has 128 valence electrons. The summed E-state index contributed by atoms with van der Waals surface area (Å²) in [5.74, 6) is 0.482. The van der Waals surface area contributed by atoms with Gasteiger partial charge in [-0.05, 0) is 60.0 Å². The summed E-state index contributed by atoms with van der Waals surface area (Å²) in [6, 6.07) is 19.7. The lowest BCUT2D eigenvalue weighted by Gasteiger charge is -2.15. The van der Waals surface area contributed by atoms with Crippen LogP contribution >= 0.6 is 11.6 Å². The molecule has 1 amide bonds. The fourth-order valence-electron chi connectivity index (χ4n) is 2.63. The van der Waals surface area contributed by atoms with Crippen LogP contribution in [0.15, 0.2) is 60.7 Å². The van der Waals surface area contributed by atoms with Gasteiger partial charge in [0, 0.05) is 11.6 Å². The van der Waals surface area contributed by atoms with Crippen LogP contribution in [0, 0.1) is 6.92 Å². The third-order valence-corrected chi connectivity index (χ3v) is 4.52. The second-order valence-corrected chi connectivity index (χ2v) is 6.48. The molecule has 3 aromatic rings. The van der Waals surface area contributed by atoms with Gasteiger partial charge in [0.2, 0.25) is 0 Å². The van der Waals surface area contributed by atoms with E-state index in [0.717, 1.165) is 16.5 Å². The van der Waals surface area contributed by atoms with Crippen molar-refractivity contribution in [1.29, 1.82) is 0 Å². The molecule has 0 aliphatic carbocycles. The Hall–Kier alpha value is -2.52. The minimum absolute atomic E-state index is 0.152. The molecule has 1 atom stereocenters. The van der Waals surface area contributed by atoms with Crippen LogP contribution in [0.2, 0.25) is 5.02 Å². The van der Waals surface area contributed by atoms with Crippen molar-refractivity contribution in [3.05, 3.63) is 76.8 Å². The van der Waals surface area contributed by atoms with Gasteiger partial charge in [0.15, 0.2) is 6.10 Å². The molecule has 0 bridgehead atoms. The molecule has 0 spiro atoms. The van der Waals surface area contributed by atoms with Crippen molar-refractivity contribution in [1.82, 2.24) is 5.32 Å². The molecular weight excluding hydrogens is 334 g/mol. The van der Waals surface area contributed by atoms with Gasteiger partial charge in [0.25, 0.3) is 5.91 Å². The fourth-order valence-corrected chi connectivity index (χ4v) is 2.75. The Bertz CT molecular complexity index is 907. The maximum atomic E-state index is 12.3. The fraction of sp³-hybridized carbons (Fsp3) is 0.190. The average molecular weight is 354 g/mol. The van der Waals surface area contributed by atoms with E-state index in [1.165, 1.54) is 5.39 Å². The van der Waals surface area contributed by atoms with Crippen LogP contribution in [0.5, 0.6) is 5.75 Å². The van der Waals surface area contributed by atoms with E-state index in [9.17, 15) is 4.79 Å². The van der Waals surface area contributed by atoms with Crippen molar-refractivity contribution >= 4 is 28.3 Å². The molecule has 0 saturated carbocycles. The summed E-state index contributed by atoms with van der Waals surface area (Å²) in [5, 5.41) is 5.95. The summed E-state index contributed by atoms with van der Waals surface area (Å²) in [6.07, 6.45) is -0.582. The molecule has 0 radical (unpaired) electrons. The Balaban J connectivity index is 1.59. The van der Waals surface area contributed by atoms with Crippen molar-refractivity contribution in [2.45, 2.75) is 26.5 Å². The molecule has 0 aliphatic rings. The molecule has 4 heteroatoms. The first-order valence-corrected chi connectivity index (χ1v) is 8.59. The molecule has 0 heterocycles. The van der Waals surface area contributed by atoms with Gasteiger partial charge in [-0.2, -0.15) is 0 Å². The predicted octanol–water partition coefficient (Wildman–Crippen LogP) is 4.89. The van der Waals surface area contributed by atoms with Crippen molar-refractivity contribution in [2.75, 3.05) is 0 Å². The lowest BCUT2D eigenvalue weighted by atomic mass is 10.1. The van der Waals surface area contributed by atoms with Crippen LogP contribution in [0.4, 0.5) is 0 Å². The van der Waals surface area contributed by atoms with Gasteiger partial charge in [-0.25, -0.2) is 0 Å². The molecule has 3 rings (SSSR count). The summed E-state index contributed by atoms with van der Waals surface area (Å²) in [6.45, 7) is 4.11. The van der Waals surface area contributed by atoms with Crippen molar-refractivity contribution < 1.29 is 9.53 Å². The number of rotatable bonds is 5. The lowest BCUT2D eigenvalue weighted by molar-refractivity contribution is -0.127. The van der Waals surface area contributed by atoms with E-state index in [1.807, 2.05) is 31.2 Å². The first-order valence-electron chi connectivity index (χ1n) is 8.21. The molecule has 0 fully saturated rings. The second-order valence-electron chi connectivity index (χ2n) is 6.07. The first kappa shape index (κ1) is 17.3. The number of nitrogens with one attached hydrogen (secondary N) is 1. The number of benzene rings is 3. The highest BCUT2D eigenvalue weighted by Gasteiger charge is 2.14. The number of aryl methyl sites for hydroxylation is 1. The summed E-state index contributed by atoms with van der Waals surface area (Å²) in [5.41, 5.74) is 1.98. The van der Waals surface area contributed by atoms with Crippen molar-refractivity contribution in [2.24, 2.45) is 0 Å². The monoisotopic (exact) mass is 353 g/mol. The van der Waals surface area contributed by atoms with E-state index < -0.39 is 6.10 Å². The predicted molar refractivity (Wildman–Crippen MR) is 102 cm³/mol. The molecular formula is C21H20ClNO2. The van der Waals surface area contributed by atoms with Gasteiger partial charge in [0.05, 0.1) is 0 Å². The van der Waals surface area contributed by atoms with Gasteiger partial charge >= 0.3 is 0 Å². The third kappa shape index (κ3) is 4.31. The van der Waals surface area contributed by atoms with Gasteiger partial charge in [-0.3, -0.25) is 4.79 Å². The molecule has 0 aliphatic heterocycles. The van der Waals surface area contributed by atoms with Gasteiger partial charge in [0.1, 0.15) is 5.75 Å². The minimum Gasteiger partial charge on any atom is -0.481 e. The van der Waals surface area contributed by atoms with E-state index in [1.54, 1.807) is 19.1 Å². The first-order chi connectivity index (χ1) is 12.0. The van der Waals surface area contributed by atoms with Crippen LogP contribution in [0.1, 0.15) is 18.1 Å². The lowest BCUT2D eigenvalue weighted by Crippen LogP contribution is -2.35. The highest BCUT2D eigenvalue weighted by molar-refractivity contribution is 6.31. The summed E-state index contributed by atoms with van der Waals surface area (Å²) in [4.78, 5) is 12.3. The normalized spacial score (nSPS) is 12.0. The van der Waals surface area contributed by atoms with Crippen LogP contribution in [-0.2, 0) is 11.3 Å². The molecule has 1 unspecified atom stereocenters. The summed E-state index contributed by atoms with van der Waals surface area (Å²) < 4.78 is 5.70. The number of carbonyl (C=O) groups is 1. The molecule has 1 N–H and O–H groups in total. The van der Waals surface area contributed by atoms with Gasteiger partial charge in [-0.15, -0.1) is 0 Å². The Kier molecular flexibility index (Phi) is 5.25. The zero-order valence-corrected chi connectivity index (χ0v) is 15.0. The Morgan fingerprint density at radius 3 is 2.60 bits per heavy atom. The van der Waals surface area contributed by atoms with Crippen LogP contribution in [-0.4, -0.2) is 12.0 Å². The summed E-state index contributed by atoms with van der Waals surface area (Å²) >= 11 is 6.00. The third-order valence-electron chi connectivity index (χ3n) is 4.09. The quantitative estimate of drug-likeness (QED) is 0.709. The van der Waals surface area contributed by atoms with Crippen LogP contribution < -0.4 is 10.1 Å². The number of hydrogen-bond acceptors (Lipinski definition) is 2. The number of carbonyl (C=O) groups excluding carboxylic acids is 1. The van der Waals surface area contributed by atoms with Crippen molar-refractivity contribution in [3.8, 4) is 5.75 Å². The second kappa shape index (κ2) is 7.58. The Morgan fingerprint density at radius 1 is 1.08 bits per heavy atom. The zero-order chi connectivity index (χ0) is 17.8. The molecule has 25 heavy (non-hydrogen) atoms. The van der Waals surface area contributed by atoms with Gasteiger partial charge in [-0.1, -0.05) is 48.0 Å². The van der Waals surface area contributed by atoms with E-state index in [4.69, 9.17) is 16.3 Å².